The molecule has 7 rings (SSSR count). The minimum absolute atomic E-state index is 0.0122. The monoisotopic (exact) mass is 1120 g/mol. The molecule has 19 nitrogen and oxygen atoms in total. The second-order valence-electron chi connectivity index (χ2n) is 27.3. The number of carbonyl (C=O) groups excluding carboxylic acids is 3. The molecule has 0 aromatic carbocycles. The zero-order valence-corrected chi connectivity index (χ0v) is 50.4. The molecule has 3 heterocycles. The predicted octanol–water partition coefficient (Wildman–Crippen LogP) is 4.01. The van der Waals surface area contributed by atoms with Gasteiger partial charge >= 0.3 is 5.97 Å². The predicted molar refractivity (Wildman–Crippen MR) is 294 cm³/mol. The highest BCUT2D eigenvalue weighted by molar-refractivity contribution is 5.91. The van der Waals surface area contributed by atoms with Crippen molar-refractivity contribution in [2.75, 3.05) is 40.8 Å². The summed E-state index contributed by atoms with van der Waals surface area (Å²) in [5.74, 6) is -3.33. The van der Waals surface area contributed by atoms with Gasteiger partial charge in [0.05, 0.1) is 47.6 Å². The van der Waals surface area contributed by atoms with Crippen molar-refractivity contribution in [3.05, 3.63) is 11.6 Å². The minimum Gasteiger partial charge on any atom is -0.459 e. The number of hydrogen-bond acceptors (Lipinski definition) is 18. The maximum atomic E-state index is 14.7. The van der Waals surface area contributed by atoms with Crippen LogP contribution in [-0.2, 0) is 42.8 Å². The van der Waals surface area contributed by atoms with Gasteiger partial charge in [-0.05, 0) is 162 Å². The van der Waals surface area contributed by atoms with E-state index >= 15 is 0 Å². The molecule has 0 radical (unpaired) electrons. The highest BCUT2D eigenvalue weighted by Gasteiger charge is 2.68. The summed E-state index contributed by atoms with van der Waals surface area (Å²) in [6.45, 7) is 22.3. The summed E-state index contributed by atoms with van der Waals surface area (Å²) in [4.78, 5) is 45.5. The number of nitrogens with one attached hydrogen (secondary N) is 1. The molecule has 0 aromatic rings. The van der Waals surface area contributed by atoms with Crippen molar-refractivity contribution in [1.29, 1.82) is 0 Å². The molecule has 7 aliphatic rings. The van der Waals surface area contributed by atoms with E-state index in [1.807, 2.05) is 44.7 Å². The van der Waals surface area contributed by atoms with Gasteiger partial charge in [0.1, 0.15) is 35.6 Å². The molecule has 19 heteroatoms. The molecule has 3 saturated heterocycles. The van der Waals surface area contributed by atoms with Crippen LogP contribution in [0.1, 0.15) is 160 Å². The second kappa shape index (κ2) is 24.4. The van der Waals surface area contributed by atoms with Gasteiger partial charge in [-0.25, -0.2) is 0 Å². The Morgan fingerprint density at radius 3 is 2.22 bits per heavy atom. The van der Waals surface area contributed by atoms with E-state index in [0.717, 1.165) is 18.4 Å². The number of likely N-dealkylation sites (N-methyl/N-ethyl adjacent to an activating group) is 1. The van der Waals surface area contributed by atoms with Crippen molar-refractivity contribution in [2.24, 2.45) is 46.3 Å². The van der Waals surface area contributed by atoms with Crippen LogP contribution in [0.4, 0.5) is 0 Å². The minimum atomic E-state index is -1.98. The van der Waals surface area contributed by atoms with Crippen molar-refractivity contribution in [3.8, 4) is 0 Å². The van der Waals surface area contributed by atoms with E-state index < -0.39 is 119 Å². The van der Waals surface area contributed by atoms with Gasteiger partial charge in [-0.15, -0.1) is 0 Å². The Labute approximate surface area is 470 Å². The largest absolute Gasteiger partial charge is 0.459 e. The number of fused-ring (bicyclic) bond motifs is 5. The van der Waals surface area contributed by atoms with Crippen LogP contribution in [0.15, 0.2) is 11.6 Å². The molecule has 8 N–H and O–H groups in total. The molecule has 79 heavy (non-hydrogen) atoms. The Hall–Kier alpha value is -2.21. The lowest BCUT2D eigenvalue weighted by Crippen LogP contribution is -2.63. The number of carbonyl (C=O) groups is 3. The molecule has 3 aliphatic heterocycles. The number of nitrogens with zero attached hydrogens (tertiary/aromatic N) is 2. The smallest absolute Gasteiger partial charge is 0.311 e. The fourth-order valence-corrected chi connectivity index (χ4v) is 16.6. The van der Waals surface area contributed by atoms with E-state index in [0.29, 0.717) is 38.6 Å². The first-order valence-corrected chi connectivity index (χ1v) is 29.9. The first-order valence-electron chi connectivity index (χ1n) is 29.9. The second-order valence-corrected chi connectivity index (χ2v) is 27.3. The highest BCUT2D eigenvalue weighted by Crippen LogP contribution is 2.67. The van der Waals surface area contributed by atoms with Crippen LogP contribution in [0.2, 0.25) is 0 Å². The van der Waals surface area contributed by atoms with E-state index in [1.165, 1.54) is 14.0 Å². The third-order valence-corrected chi connectivity index (χ3v) is 21.4. The molecular formula is C60H103N3O16. The van der Waals surface area contributed by atoms with Crippen LogP contribution < -0.4 is 5.32 Å². The Balaban J connectivity index is 1.15. The van der Waals surface area contributed by atoms with Crippen molar-refractivity contribution < 1.29 is 78.6 Å². The number of rotatable bonds is 12. The van der Waals surface area contributed by atoms with Crippen LogP contribution in [0.5, 0.6) is 0 Å². The fraction of sp³-hybridized carbons (Fsp3) is 0.917. The summed E-state index contributed by atoms with van der Waals surface area (Å²) in [5, 5.41) is 88.3. The van der Waals surface area contributed by atoms with Crippen molar-refractivity contribution >= 4 is 17.7 Å². The number of ketones is 1. The van der Waals surface area contributed by atoms with Crippen LogP contribution in [-0.4, -0.2) is 206 Å². The molecule has 4 aliphatic carbocycles. The zero-order chi connectivity index (χ0) is 58.7. The Bertz CT molecular complexity index is 2160. The van der Waals surface area contributed by atoms with Crippen LogP contribution in [0.25, 0.3) is 0 Å². The molecule has 0 spiro atoms. The molecule has 7 unspecified atom stereocenters. The SMILES string of the molecule is CC[C@H]1OC(=O)[C@H](C)[C@@H](OC2C[C@](C)(OC)[C@H](O)C(C)O2)[C@H](C)[C@@H](OC2OC(C)C[C@@H](N(C)C)[C@H]2O)[C@](C)(O)C[C@@H](C)CN(CCCNC(=O)[C@@]2(O)CCC3C4CCC5=CC(=O)CC[C@]5(C)C4[C@@H](O)C[C@@]32C)[C@H](C)[C@@H](O)[C@]1(C)O. The van der Waals surface area contributed by atoms with E-state index in [4.69, 9.17) is 28.4 Å². The summed E-state index contributed by atoms with van der Waals surface area (Å²) < 4.78 is 38.3. The van der Waals surface area contributed by atoms with Crippen LogP contribution in [0.3, 0.4) is 0 Å². The van der Waals surface area contributed by atoms with Crippen LogP contribution >= 0.6 is 0 Å². The van der Waals surface area contributed by atoms with Gasteiger partial charge in [-0.3, -0.25) is 19.3 Å². The van der Waals surface area contributed by atoms with Crippen molar-refractivity contribution in [2.45, 2.75) is 262 Å². The van der Waals surface area contributed by atoms with Gasteiger partial charge in [-0.1, -0.05) is 40.2 Å². The van der Waals surface area contributed by atoms with Gasteiger partial charge in [0, 0.05) is 63.0 Å². The third kappa shape index (κ3) is 12.4. The van der Waals surface area contributed by atoms with Gasteiger partial charge < -0.3 is 74.4 Å². The molecule has 454 valence electrons. The number of esters is 1. The third-order valence-electron chi connectivity index (χ3n) is 21.4. The van der Waals surface area contributed by atoms with Crippen molar-refractivity contribution in [1.82, 2.24) is 15.1 Å². The van der Waals surface area contributed by atoms with Gasteiger partial charge in [-0.2, -0.15) is 0 Å². The van der Waals surface area contributed by atoms with Gasteiger partial charge in [0.15, 0.2) is 18.4 Å². The number of aliphatic hydroxyl groups is 7. The first kappa shape index (κ1) is 64.4. The summed E-state index contributed by atoms with van der Waals surface area (Å²) in [7, 11) is 5.24. The number of methoxy groups -OCH3 is 1. The molecular weight excluding hydrogens is 1020 g/mol. The highest BCUT2D eigenvalue weighted by atomic mass is 16.7. The number of aliphatic hydroxyl groups excluding tert-OH is 4. The molecule has 0 aromatic heterocycles. The normalized spacial score (nSPS) is 49.6. The van der Waals surface area contributed by atoms with Crippen LogP contribution in [0, 0.1) is 46.3 Å². The summed E-state index contributed by atoms with van der Waals surface area (Å²) in [5.41, 5.74) is -6.55. The molecule has 3 saturated carbocycles. The maximum absolute atomic E-state index is 14.7. The van der Waals surface area contributed by atoms with E-state index in [1.54, 1.807) is 54.5 Å². The Morgan fingerprint density at radius 2 is 1.57 bits per heavy atom. The quantitative estimate of drug-likeness (QED) is 0.101. The average Bonchev–Trinajstić information content (AvgIpc) is 3.96. The lowest BCUT2D eigenvalue weighted by Gasteiger charge is -2.60. The topological polar surface area (TPSA) is 267 Å². The number of amides is 1. The molecule has 1 amide bonds. The van der Waals surface area contributed by atoms with Crippen molar-refractivity contribution in [3.63, 3.8) is 0 Å². The summed E-state index contributed by atoms with van der Waals surface area (Å²) in [6.07, 6.45) is -4.17. The van der Waals surface area contributed by atoms with E-state index in [9.17, 15) is 50.1 Å². The molecule has 25 atom stereocenters. The summed E-state index contributed by atoms with van der Waals surface area (Å²) >= 11 is 0. The number of hydrogen-bond donors (Lipinski definition) is 8. The number of allylic oxidation sites excluding steroid dienone is 1. The number of ether oxygens (including phenoxy) is 6. The lowest BCUT2D eigenvalue weighted by molar-refractivity contribution is -0.318. The van der Waals surface area contributed by atoms with E-state index in [2.05, 4.69) is 12.2 Å². The molecule has 0 bridgehead atoms. The standard InChI is InChI=1S/C60H103N3O16/c1-16-44-59(12,72)49(67)36(6)63(25-17-24-61-54(70)60(73)23-21-41-40-19-18-38-27-39(64)20-22-55(38,8)46(40)43(65)29-56(41,60)9)31-32(2)28-57(10,71)51(79-53-47(66)42(62(13)14)26-33(3)75-53)34(4)48(35(5)52(69)77-44)78-45-30-58(11,74-15)50(68)37(7)76-45/h27,32-37,40-51,53,65-68,71-73H,16-26,28-31H2,1-15H3,(H,61,70)/t32-,33?,34+,35-,36-,37?,40?,41?,42-,43+,44-,45?,46?,47-,48+,49-,50-,51-,53?,55+,56+,57-,58+,59-,60+/m1/s1. The average molecular weight is 1120 g/mol. The molecule has 6 fully saturated rings. The fourth-order valence-electron chi connectivity index (χ4n) is 16.6. The van der Waals surface area contributed by atoms with E-state index in [-0.39, 0.29) is 92.2 Å². The lowest BCUT2D eigenvalue weighted by atomic mass is 9.45. The summed E-state index contributed by atoms with van der Waals surface area (Å²) in [6, 6.07) is -1.10. The van der Waals surface area contributed by atoms with Gasteiger partial charge in [0.25, 0.3) is 5.91 Å². The Morgan fingerprint density at radius 1 is 0.886 bits per heavy atom. The van der Waals surface area contributed by atoms with Gasteiger partial charge in [0.2, 0.25) is 0 Å². The Kier molecular flexibility index (Phi) is 19.9. The number of cyclic esters (lactones) is 1. The first-order chi connectivity index (χ1) is 36.7. The maximum Gasteiger partial charge on any atom is 0.311 e. The zero-order valence-electron chi connectivity index (χ0n) is 50.4.